The Balaban J connectivity index is 2.27. The van der Waals surface area contributed by atoms with Gasteiger partial charge in [-0.25, -0.2) is 0 Å². The highest BCUT2D eigenvalue weighted by Gasteiger charge is 2.13. The van der Waals surface area contributed by atoms with E-state index in [1.54, 1.807) is 7.11 Å². The zero-order valence-electron chi connectivity index (χ0n) is 13.6. The first kappa shape index (κ1) is 18.1. The van der Waals surface area contributed by atoms with Crippen molar-refractivity contribution in [2.24, 2.45) is 0 Å². The predicted octanol–water partition coefficient (Wildman–Crippen LogP) is 2.71. The number of ether oxygens (including phenoxy) is 3. The zero-order valence-corrected chi connectivity index (χ0v) is 13.6. The van der Waals surface area contributed by atoms with Crippen molar-refractivity contribution in [1.82, 2.24) is 0 Å². The van der Waals surface area contributed by atoms with Gasteiger partial charge in [-0.1, -0.05) is 17.7 Å². The number of hydrogen-bond donors (Lipinski definition) is 1. The Bertz CT molecular complexity index is 394. The second kappa shape index (κ2) is 9.90. The summed E-state index contributed by atoms with van der Waals surface area (Å²) in [6, 6.07) is 4.18. The van der Waals surface area contributed by atoms with Crippen LogP contribution in [0.1, 0.15) is 34.8 Å². The number of aryl methyl sites for hydroxylation is 3. The first-order chi connectivity index (χ1) is 10.1. The molecule has 0 bridgehead atoms. The molecule has 0 saturated carbocycles. The fourth-order valence-electron chi connectivity index (χ4n) is 2.52. The molecule has 4 heteroatoms. The summed E-state index contributed by atoms with van der Waals surface area (Å²) >= 11 is 0. The lowest BCUT2D eigenvalue weighted by Gasteiger charge is -2.17. The van der Waals surface area contributed by atoms with Gasteiger partial charge in [0.15, 0.2) is 0 Å². The molecule has 1 rings (SSSR count). The van der Waals surface area contributed by atoms with Gasteiger partial charge in [0.2, 0.25) is 0 Å². The highest BCUT2D eigenvalue weighted by atomic mass is 16.5. The summed E-state index contributed by atoms with van der Waals surface area (Å²) < 4.78 is 15.8. The molecule has 1 aromatic rings. The van der Waals surface area contributed by atoms with E-state index in [9.17, 15) is 5.11 Å². The van der Waals surface area contributed by atoms with E-state index in [0.717, 1.165) is 23.1 Å². The molecule has 0 spiro atoms. The molecule has 0 aliphatic rings. The summed E-state index contributed by atoms with van der Waals surface area (Å²) in [5.41, 5.74) is 4.41. The van der Waals surface area contributed by atoms with Crippen molar-refractivity contribution in [3.05, 3.63) is 34.4 Å². The molecule has 0 amide bonds. The van der Waals surface area contributed by atoms with Crippen LogP contribution >= 0.6 is 0 Å². The normalized spacial score (nSPS) is 12.6. The van der Waals surface area contributed by atoms with E-state index in [1.807, 2.05) is 13.8 Å². The van der Waals surface area contributed by atoms with Crippen molar-refractivity contribution in [3.8, 4) is 0 Å². The molecule has 1 N–H and O–H groups in total. The van der Waals surface area contributed by atoms with Gasteiger partial charge >= 0.3 is 0 Å². The van der Waals surface area contributed by atoms with Crippen molar-refractivity contribution >= 4 is 0 Å². The predicted molar refractivity (Wildman–Crippen MR) is 83.7 cm³/mol. The molecule has 0 radical (unpaired) electrons. The van der Waals surface area contributed by atoms with Gasteiger partial charge in [0, 0.05) is 20.3 Å². The second-order valence-electron chi connectivity index (χ2n) is 5.36. The van der Waals surface area contributed by atoms with Crippen molar-refractivity contribution in [2.75, 3.05) is 40.1 Å². The Kier molecular flexibility index (Phi) is 8.54. The fourth-order valence-corrected chi connectivity index (χ4v) is 2.52. The van der Waals surface area contributed by atoms with Crippen LogP contribution in [0.5, 0.6) is 0 Å². The van der Waals surface area contributed by atoms with Crippen molar-refractivity contribution < 1.29 is 19.3 Å². The smallest absolute Gasteiger partial charge is 0.103 e. The van der Waals surface area contributed by atoms with Crippen LogP contribution < -0.4 is 0 Å². The average Bonchev–Trinajstić information content (AvgIpc) is 2.40. The Labute approximate surface area is 128 Å². The fraction of sp³-hybridized carbons (Fsp3) is 0.647. The van der Waals surface area contributed by atoms with E-state index in [2.05, 4.69) is 19.1 Å². The van der Waals surface area contributed by atoms with Crippen LogP contribution in [0.15, 0.2) is 12.1 Å². The van der Waals surface area contributed by atoms with E-state index in [-0.39, 0.29) is 0 Å². The molecular formula is C17H28O4. The summed E-state index contributed by atoms with van der Waals surface area (Å²) in [6.45, 7) is 8.84. The van der Waals surface area contributed by atoms with Gasteiger partial charge < -0.3 is 19.3 Å². The third-order valence-electron chi connectivity index (χ3n) is 3.36. The number of benzene rings is 1. The number of methoxy groups -OCH3 is 1. The molecule has 0 heterocycles. The maximum Gasteiger partial charge on any atom is 0.103 e. The van der Waals surface area contributed by atoms with Gasteiger partial charge in [-0.2, -0.15) is 0 Å². The Morgan fingerprint density at radius 1 is 0.952 bits per heavy atom. The third-order valence-corrected chi connectivity index (χ3v) is 3.36. The van der Waals surface area contributed by atoms with E-state index in [1.165, 1.54) is 5.56 Å². The minimum Gasteiger partial charge on any atom is -0.386 e. The quantitative estimate of drug-likeness (QED) is 0.674. The molecule has 1 unspecified atom stereocenters. The molecular weight excluding hydrogens is 268 g/mol. The molecule has 0 aromatic heterocycles. The monoisotopic (exact) mass is 296 g/mol. The highest BCUT2D eigenvalue weighted by Crippen LogP contribution is 2.23. The van der Waals surface area contributed by atoms with Crippen molar-refractivity contribution in [1.29, 1.82) is 0 Å². The third kappa shape index (κ3) is 6.57. The summed E-state index contributed by atoms with van der Waals surface area (Å²) in [5, 5.41) is 10.3. The molecule has 1 atom stereocenters. The van der Waals surface area contributed by atoms with E-state index in [0.29, 0.717) is 33.0 Å². The van der Waals surface area contributed by atoms with Crippen LogP contribution in [-0.4, -0.2) is 45.3 Å². The largest absolute Gasteiger partial charge is 0.386 e. The van der Waals surface area contributed by atoms with Gasteiger partial charge in [0.05, 0.1) is 19.8 Å². The standard InChI is InChI=1S/C17H28O4/c1-13-10-14(2)17(15(3)11-13)16(18)12-21-9-8-20-7-5-6-19-4/h10-11,16,18H,5-9,12H2,1-4H3. The lowest BCUT2D eigenvalue weighted by molar-refractivity contribution is 0.000168. The first-order valence-corrected chi connectivity index (χ1v) is 7.46. The van der Waals surface area contributed by atoms with Crippen molar-refractivity contribution in [2.45, 2.75) is 33.3 Å². The summed E-state index contributed by atoms with van der Waals surface area (Å²) in [6.07, 6.45) is 0.306. The van der Waals surface area contributed by atoms with Crippen LogP contribution in [0.4, 0.5) is 0 Å². The zero-order chi connectivity index (χ0) is 15.7. The maximum atomic E-state index is 10.3. The van der Waals surface area contributed by atoms with Gasteiger partial charge in [0.25, 0.3) is 0 Å². The Morgan fingerprint density at radius 2 is 1.57 bits per heavy atom. The highest BCUT2D eigenvalue weighted by molar-refractivity contribution is 5.38. The van der Waals surface area contributed by atoms with E-state index < -0.39 is 6.10 Å². The van der Waals surface area contributed by atoms with Crippen molar-refractivity contribution in [3.63, 3.8) is 0 Å². The SMILES string of the molecule is COCCCOCCOCC(O)c1c(C)cc(C)cc1C. The number of rotatable bonds is 10. The lowest BCUT2D eigenvalue weighted by atomic mass is 9.96. The maximum absolute atomic E-state index is 10.3. The summed E-state index contributed by atoms with van der Waals surface area (Å²) in [5.74, 6) is 0. The molecule has 0 aliphatic carbocycles. The molecule has 4 nitrogen and oxygen atoms in total. The molecule has 120 valence electrons. The second-order valence-corrected chi connectivity index (χ2v) is 5.36. The number of aliphatic hydroxyl groups is 1. The number of hydrogen-bond acceptors (Lipinski definition) is 4. The number of aliphatic hydroxyl groups excluding tert-OH is 1. The van der Waals surface area contributed by atoms with Crippen LogP contribution in [0.25, 0.3) is 0 Å². The molecule has 0 fully saturated rings. The summed E-state index contributed by atoms with van der Waals surface area (Å²) in [4.78, 5) is 0. The molecule has 21 heavy (non-hydrogen) atoms. The molecule has 0 aliphatic heterocycles. The molecule has 1 aromatic carbocycles. The van der Waals surface area contributed by atoms with Crippen LogP contribution in [0.3, 0.4) is 0 Å². The minimum atomic E-state index is -0.584. The van der Waals surface area contributed by atoms with Gasteiger partial charge in [-0.05, 0) is 43.9 Å². The summed E-state index contributed by atoms with van der Waals surface area (Å²) in [7, 11) is 1.68. The first-order valence-electron chi connectivity index (χ1n) is 7.46. The van der Waals surface area contributed by atoms with Crippen LogP contribution in [0, 0.1) is 20.8 Å². The Hall–Kier alpha value is -0.940. The lowest BCUT2D eigenvalue weighted by Crippen LogP contribution is -2.14. The van der Waals surface area contributed by atoms with Gasteiger partial charge in [-0.3, -0.25) is 0 Å². The average molecular weight is 296 g/mol. The van der Waals surface area contributed by atoms with Gasteiger partial charge in [0.1, 0.15) is 6.10 Å². The Morgan fingerprint density at radius 3 is 2.19 bits per heavy atom. The minimum absolute atomic E-state index is 0.298. The van der Waals surface area contributed by atoms with Crippen LogP contribution in [-0.2, 0) is 14.2 Å². The molecule has 0 saturated heterocycles. The van der Waals surface area contributed by atoms with Crippen LogP contribution in [0.2, 0.25) is 0 Å². The van der Waals surface area contributed by atoms with Gasteiger partial charge in [-0.15, -0.1) is 0 Å². The van der Waals surface area contributed by atoms with E-state index >= 15 is 0 Å². The van der Waals surface area contributed by atoms with E-state index in [4.69, 9.17) is 14.2 Å². The topological polar surface area (TPSA) is 47.9 Å².